The van der Waals surface area contributed by atoms with Gasteiger partial charge < -0.3 is 15.0 Å². The summed E-state index contributed by atoms with van der Waals surface area (Å²) < 4.78 is 33.3. The van der Waals surface area contributed by atoms with Gasteiger partial charge >= 0.3 is 0 Å². The van der Waals surface area contributed by atoms with Gasteiger partial charge in [-0.25, -0.2) is 8.42 Å². The number of halogens is 1. The van der Waals surface area contributed by atoms with Crippen LogP contribution in [0.3, 0.4) is 0 Å². The fourth-order valence-electron chi connectivity index (χ4n) is 4.27. The molecule has 1 atom stereocenters. The van der Waals surface area contributed by atoms with Crippen LogP contribution in [0.4, 0.5) is 5.69 Å². The van der Waals surface area contributed by atoms with Crippen molar-refractivity contribution in [1.29, 1.82) is 0 Å². The molecule has 2 amide bonds. The third kappa shape index (κ3) is 8.31. The highest BCUT2D eigenvalue weighted by atomic mass is 79.9. The Balaban J connectivity index is 2.08. The van der Waals surface area contributed by atoms with E-state index in [-0.39, 0.29) is 24.6 Å². The van der Waals surface area contributed by atoms with E-state index in [1.807, 2.05) is 68.4 Å². The van der Waals surface area contributed by atoms with Gasteiger partial charge in [0.2, 0.25) is 21.8 Å². The Bertz CT molecular complexity index is 1400. The number of hydrogen-bond acceptors (Lipinski definition) is 5. The van der Waals surface area contributed by atoms with Crippen molar-refractivity contribution in [2.45, 2.75) is 32.9 Å². The highest BCUT2D eigenvalue weighted by Crippen LogP contribution is 2.31. The fourth-order valence-corrected chi connectivity index (χ4v) is 5.56. The van der Waals surface area contributed by atoms with E-state index in [0.29, 0.717) is 12.3 Å². The summed E-state index contributed by atoms with van der Waals surface area (Å²) in [5.41, 5.74) is 2.73. The lowest BCUT2D eigenvalue weighted by Gasteiger charge is -2.33. The van der Waals surface area contributed by atoms with E-state index in [9.17, 15) is 18.0 Å². The SMILES string of the molecule is CCNC(=O)[C@@H](Cc1ccccc1)N(Cc1cccc(Br)c1)C(=O)CN(c1cc(C)ccc1OC)S(C)(=O)=O. The molecule has 1 N–H and O–H groups in total. The summed E-state index contributed by atoms with van der Waals surface area (Å²) in [6.45, 7) is 3.63. The lowest BCUT2D eigenvalue weighted by molar-refractivity contribution is -0.140. The molecule has 208 valence electrons. The van der Waals surface area contributed by atoms with Gasteiger partial charge in [0.1, 0.15) is 18.3 Å². The summed E-state index contributed by atoms with van der Waals surface area (Å²) >= 11 is 3.47. The van der Waals surface area contributed by atoms with Crippen LogP contribution in [0.15, 0.2) is 77.3 Å². The molecule has 0 aromatic heterocycles. The molecule has 0 saturated heterocycles. The van der Waals surface area contributed by atoms with Crippen LogP contribution >= 0.6 is 15.9 Å². The summed E-state index contributed by atoms with van der Waals surface area (Å²) in [7, 11) is -2.45. The van der Waals surface area contributed by atoms with E-state index >= 15 is 0 Å². The summed E-state index contributed by atoms with van der Waals surface area (Å²) in [6, 6.07) is 21.1. The topological polar surface area (TPSA) is 96.0 Å². The summed E-state index contributed by atoms with van der Waals surface area (Å²) in [4.78, 5) is 28.9. The van der Waals surface area contributed by atoms with Gasteiger partial charge in [0, 0.05) is 24.0 Å². The van der Waals surface area contributed by atoms with Crippen LogP contribution in [-0.4, -0.2) is 57.6 Å². The number of carbonyl (C=O) groups is 2. The van der Waals surface area contributed by atoms with Gasteiger partial charge in [-0.1, -0.05) is 64.5 Å². The van der Waals surface area contributed by atoms with Crippen molar-refractivity contribution in [3.05, 3.63) is 94.0 Å². The average Bonchev–Trinajstić information content (AvgIpc) is 2.89. The van der Waals surface area contributed by atoms with Crippen LogP contribution in [0.2, 0.25) is 0 Å². The Hall–Kier alpha value is -3.37. The first kappa shape index (κ1) is 30.2. The first-order valence-electron chi connectivity index (χ1n) is 12.5. The molecule has 3 aromatic carbocycles. The Labute approximate surface area is 239 Å². The maximum absolute atomic E-state index is 14.1. The number of nitrogens with one attached hydrogen (secondary N) is 1. The van der Waals surface area contributed by atoms with Crippen molar-refractivity contribution in [1.82, 2.24) is 10.2 Å². The van der Waals surface area contributed by atoms with Crippen molar-refractivity contribution in [2.75, 3.05) is 30.8 Å². The number of benzene rings is 3. The smallest absolute Gasteiger partial charge is 0.244 e. The van der Waals surface area contributed by atoms with Crippen LogP contribution in [-0.2, 0) is 32.6 Å². The monoisotopic (exact) mass is 615 g/mol. The number of amides is 2. The van der Waals surface area contributed by atoms with Crippen molar-refractivity contribution < 1.29 is 22.7 Å². The van der Waals surface area contributed by atoms with Crippen molar-refractivity contribution in [3.8, 4) is 5.75 Å². The summed E-state index contributed by atoms with van der Waals surface area (Å²) in [5, 5.41) is 2.85. The highest BCUT2D eigenvalue weighted by molar-refractivity contribution is 9.10. The average molecular weight is 617 g/mol. The quantitative estimate of drug-likeness (QED) is 0.328. The minimum absolute atomic E-state index is 0.107. The van der Waals surface area contributed by atoms with Gasteiger partial charge in [-0.3, -0.25) is 13.9 Å². The number of methoxy groups -OCH3 is 1. The second kappa shape index (κ2) is 13.6. The van der Waals surface area contributed by atoms with Gasteiger partial charge in [-0.15, -0.1) is 0 Å². The largest absolute Gasteiger partial charge is 0.495 e. The summed E-state index contributed by atoms with van der Waals surface area (Å²) in [6.07, 6.45) is 1.31. The molecule has 0 saturated carbocycles. The zero-order valence-electron chi connectivity index (χ0n) is 22.6. The number of sulfonamides is 1. The van der Waals surface area contributed by atoms with E-state index in [4.69, 9.17) is 4.74 Å². The molecule has 8 nitrogen and oxygen atoms in total. The van der Waals surface area contributed by atoms with Crippen LogP contribution < -0.4 is 14.4 Å². The third-order valence-corrected chi connectivity index (χ3v) is 7.77. The van der Waals surface area contributed by atoms with Gasteiger partial charge in [-0.05, 0) is 54.8 Å². The Morgan fingerprint density at radius 2 is 1.69 bits per heavy atom. The lowest BCUT2D eigenvalue weighted by Crippen LogP contribution is -2.53. The number of hydrogen-bond donors (Lipinski definition) is 1. The van der Waals surface area contributed by atoms with Gasteiger partial charge in [-0.2, -0.15) is 0 Å². The number of likely N-dealkylation sites (N-methyl/N-ethyl adjacent to an activating group) is 1. The van der Waals surface area contributed by atoms with E-state index in [0.717, 1.165) is 31.7 Å². The van der Waals surface area contributed by atoms with Crippen LogP contribution in [0.5, 0.6) is 5.75 Å². The van der Waals surface area contributed by atoms with Gasteiger partial charge in [0.05, 0.1) is 19.1 Å². The Kier molecular flexibility index (Phi) is 10.5. The van der Waals surface area contributed by atoms with Crippen molar-refractivity contribution in [2.24, 2.45) is 0 Å². The zero-order chi connectivity index (χ0) is 28.6. The van der Waals surface area contributed by atoms with E-state index in [1.165, 1.54) is 12.0 Å². The standard InChI is InChI=1S/C29H34BrN3O5S/c1-5-31-29(35)26(18-22-10-7-6-8-11-22)32(19-23-12-9-13-24(30)17-23)28(34)20-33(39(4,36)37)25-16-21(2)14-15-27(25)38-3/h6-17,26H,5,18-20H2,1-4H3,(H,31,35)/t26-/m1/s1. The number of ether oxygens (including phenoxy) is 1. The van der Waals surface area contributed by atoms with Crippen LogP contribution in [0.25, 0.3) is 0 Å². The molecule has 0 spiro atoms. The zero-order valence-corrected chi connectivity index (χ0v) is 25.0. The number of anilines is 1. The Morgan fingerprint density at radius 1 is 1.00 bits per heavy atom. The third-order valence-electron chi connectivity index (χ3n) is 6.15. The number of nitrogens with zero attached hydrogens (tertiary/aromatic N) is 2. The van der Waals surface area contributed by atoms with E-state index in [2.05, 4.69) is 21.2 Å². The van der Waals surface area contributed by atoms with Gasteiger partial charge in [0.25, 0.3) is 0 Å². The molecular formula is C29H34BrN3O5S. The number of aryl methyl sites for hydroxylation is 1. The van der Waals surface area contributed by atoms with E-state index in [1.54, 1.807) is 18.2 Å². The molecule has 0 fully saturated rings. The molecule has 0 aliphatic rings. The molecule has 0 aliphatic heterocycles. The molecule has 10 heteroatoms. The first-order valence-corrected chi connectivity index (χ1v) is 15.2. The van der Waals surface area contributed by atoms with E-state index < -0.39 is 28.5 Å². The Morgan fingerprint density at radius 3 is 2.31 bits per heavy atom. The summed E-state index contributed by atoms with van der Waals surface area (Å²) in [5.74, 6) is -0.512. The van der Waals surface area contributed by atoms with Crippen molar-refractivity contribution >= 4 is 43.5 Å². The predicted molar refractivity (Wildman–Crippen MR) is 157 cm³/mol. The predicted octanol–water partition coefficient (Wildman–Crippen LogP) is 4.31. The number of rotatable bonds is 12. The molecule has 0 heterocycles. The highest BCUT2D eigenvalue weighted by Gasteiger charge is 2.33. The first-order chi connectivity index (χ1) is 18.5. The molecule has 39 heavy (non-hydrogen) atoms. The maximum Gasteiger partial charge on any atom is 0.244 e. The lowest BCUT2D eigenvalue weighted by atomic mass is 10.0. The maximum atomic E-state index is 14.1. The second-order valence-electron chi connectivity index (χ2n) is 9.20. The van der Waals surface area contributed by atoms with Crippen molar-refractivity contribution in [3.63, 3.8) is 0 Å². The second-order valence-corrected chi connectivity index (χ2v) is 12.0. The molecule has 0 radical (unpaired) electrons. The normalized spacial score (nSPS) is 11.9. The molecule has 3 aromatic rings. The fraction of sp³-hybridized carbons (Fsp3) is 0.310. The minimum Gasteiger partial charge on any atom is -0.495 e. The molecular weight excluding hydrogens is 582 g/mol. The minimum atomic E-state index is -3.89. The molecule has 0 bridgehead atoms. The molecule has 0 aliphatic carbocycles. The molecule has 0 unspecified atom stereocenters. The van der Waals surface area contributed by atoms with Gasteiger partial charge in [0.15, 0.2) is 0 Å². The molecule has 3 rings (SSSR count). The van der Waals surface area contributed by atoms with Crippen LogP contribution in [0.1, 0.15) is 23.6 Å². The number of carbonyl (C=O) groups excluding carboxylic acids is 2. The van der Waals surface area contributed by atoms with Crippen LogP contribution in [0, 0.1) is 6.92 Å².